The molecule has 1 aromatic rings. The maximum atomic E-state index is 10.8. The van der Waals surface area contributed by atoms with E-state index in [-0.39, 0.29) is 11.9 Å². The third-order valence-electron chi connectivity index (χ3n) is 1.63. The molecule has 82 valence electrons. The molecular weight excluding hydrogens is 214 g/mol. The van der Waals surface area contributed by atoms with E-state index < -0.39 is 0 Å². The van der Waals surface area contributed by atoms with Crippen LogP contribution in [0.25, 0.3) is 0 Å². The van der Waals surface area contributed by atoms with Crippen molar-refractivity contribution in [3.63, 3.8) is 0 Å². The summed E-state index contributed by atoms with van der Waals surface area (Å²) < 4.78 is 4.53. The van der Waals surface area contributed by atoms with Crippen LogP contribution in [-0.4, -0.2) is 28.8 Å². The Morgan fingerprint density at radius 1 is 1.60 bits per heavy atom. The van der Waals surface area contributed by atoms with Crippen LogP contribution >= 0.6 is 11.8 Å². The maximum Gasteiger partial charge on any atom is 0.306 e. The van der Waals surface area contributed by atoms with E-state index in [0.29, 0.717) is 12.2 Å². The molecule has 15 heavy (non-hydrogen) atoms. The lowest BCUT2D eigenvalue weighted by molar-refractivity contribution is -0.140. The van der Waals surface area contributed by atoms with Gasteiger partial charge >= 0.3 is 5.97 Å². The Hall–Kier alpha value is -1.30. The molecule has 0 bridgehead atoms. The van der Waals surface area contributed by atoms with Crippen LogP contribution in [0.15, 0.2) is 11.1 Å². The number of carbonyl (C=O) groups is 1. The minimum atomic E-state index is -0.221. The van der Waals surface area contributed by atoms with Crippen LogP contribution in [0.5, 0.6) is 0 Å². The van der Waals surface area contributed by atoms with Gasteiger partial charge in [0.05, 0.1) is 13.5 Å². The number of hydrogen-bond acceptors (Lipinski definition) is 6. The summed E-state index contributed by atoms with van der Waals surface area (Å²) in [5.74, 6) is 0.666. The molecular formula is C9H13N3O2S. The van der Waals surface area contributed by atoms with Gasteiger partial charge in [-0.05, 0) is 13.0 Å². The Bertz CT molecular complexity index is 337. The Kier molecular flexibility index (Phi) is 4.36. The fourth-order valence-corrected chi connectivity index (χ4v) is 1.87. The number of hydrogen-bond donors (Lipinski definition) is 1. The number of ether oxygens (including phenoxy) is 1. The van der Waals surface area contributed by atoms with E-state index in [1.54, 1.807) is 0 Å². The number of nitrogens with zero attached hydrogens (tertiary/aromatic N) is 2. The number of rotatable bonds is 4. The summed E-state index contributed by atoms with van der Waals surface area (Å²) in [6.07, 6.45) is 0.365. The van der Waals surface area contributed by atoms with Crippen molar-refractivity contribution in [2.45, 2.75) is 18.4 Å². The maximum absolute atomic E-state index is 10.8. The van der Waals surface area contributed by atoms with Gasteiger partial charge in [0.1, 0.15) is 5.03 Å². The highest BCUT2D eigenvalue weighted by molar-refractivity contribution is 7.99. The van der Waals surface area contributed by atoms with E-state index in [1.165, 1.54) is 18.9 Å². The number of esters is 1. The number of methoxy groups -OCH3 is 1. The highest BCUT2D eigenvalue weighted by atomic mass is 32.2. The van der Waals surface area contributed by atoms with Crippen LogP contribution in [0.4, 0.5) is 5.95 Å². The van der Waals surface area contributed by atoms with E-state index >= 15 is 0 Å². The van der Waals surface area contributed by atoms with Gasteiger partial charge in [0.15, 0.2) is 0 Å². The van der Waals surface area contributed by atoms with Crippen LogP contribution in [0.2, 0.25) is 0 Å². The summed E-state index contributed by atoms with van der Waals surface area (Å²) in [6.45, 7) is 1.85. The monoisotopic (exact) mass is 227 g/mol. The van der Waals surface area contributed by atoms with Crippen LogP contribution in [0.3, 0.4) is 0 Å². The second kappa shape index (κ2) is 5.55. The van der Waals surface area contributed by atoms with Gasteiger partial charge in [-0.3, -0.25) is 4.79 Å². The molecule has 0 saturated carbocycles. The number of aromatic nitrogens is 2. The lowest BCUT2D eigenvalue weighted by atomic mass is 10.5. The standard InChI is InChI=1S/C9H13N3O2S/c1-6-5-7(12-9(10)11-6)15-4-3-8(13)14-2/h5H,3-4H2,1-2H3,(H2,10,11,12). The normalized spacial score (nSPS) is 10.0. The first-order valence-electron chi connectivity index (χ1n) is 4.42. The zero-order valence-electron chi connectivity index (χ0n) is 8.69. The third kappa shape index (κ3) is 4.16. The largest absolute Gasteiger partial charge is 0.469 e. The highest BCUT2D eigenvalue weighted by Gasteiger charge is 2.03. The Morgan fingerprint density at radius 3 is 2.93 bits per heavy atom. The predicted octanol–water partition coefficient (Wildman–Crippen LogP) is 1.02. The van der Waals surface area contributed by atoms with Crippen LogP contribution in [0, 0.1) is 6.92 Å². The smallest absolute Gasteiger partial charge is 0.306 e. The topological polar surface area (TPSA) is 78.1 Å². The van der Waals surface area contributed by atoms with Crippen LogP contribution in [-0.2, 0) is 9.53 Å². The molecule has 1 rings (SSSR count). The SMILES string of the molecule is COC(=O)CCSc1cc(C)nc(N)n1. The van der Waals surface area contributed by atoms with Gasteiger partial charge in [0.2, 0.25) is 5.95 Å². The Balaban J connectivity index is 2.47. The molecule has 0 aliphatic heterocycles. The third-order valence-corrected chi connectivity index (χ3v) is 2.54. The van der Waals surface area contributed by atoms with Crippen molar-refractivity contribution in [2.24, 2.45) is 0 Å². The van der Waals surface area contributed by atoms with Gasteiger partial charge < -0.3 is 10.5 Å². The second-order valence-electron chi connectivity index (χ2n) is 2.88. The lowest BCUT2D eigenvalue weighted by Gasteiger charge is -2.02. The molecule has 0 atom stereocenters. The minimum absolute atomic E-state index is 0.221. The number of nitrogens with two attached hydrogens (primary N) is 1. The van der Waals surface area contributed by atoms with E-state index in [0.717, 1.165) is 10.7 Å². The first-order valence-corrected chi connectivity index (χ1v) is 5.41. The zero-order chi connectivity index (χ0) is 11.3. The highest BCUT2D eigenvalue weighted by Crippen LogP contribution is 2.17. The van der Waals surface area contributed by atoms with Gasteiger partial charge in [0, 0.05) is 11.4 Å². The molecule has 0 fully saturated rings. The number of aryl methyl sites for hydroxylation is 1. The molecule has 1 aromatic heterocycles. The number of nitrogen functional groups attached to an aromatic ring is 1. The van der Waals surface area contributed by atoms with E-state index in [9.17, 15) is 4.79 Å². The van der Waals surface area contributed by atoms with Gasteiger partial charge in [0.25, 0.3) is 0 Å². The van der Waals surface area contributed by atoms with Gasteiger partial charge in [-0.1, -0.05) is 0 Å². The molecule has 0 aromatic carbocycles. The van der Waals surface area contributed by atoms with Crippen molar-refractivity contribution in [3.05, 3.63) is 11.8 Å². The first kappa shape index (κ1) is 11.8. The van der Waals surface area contributed by atoms with Crippen molar-refractivity contribution < 1.29 is 9.53 Å². The first-order chi connectivity index (χ1) is 7.11. The van der Waals surface area contributed by atoms with Crippen molar-refractivity contribution in [2.75, 3.05) is 18.6 Å². The van der Waals surface area contributed by atoms with E-state index in [4.69, 9.17) is 5.73 Å². The minimum Gasteiger partial charge on any atom is -0.469 e. The number of anilines is 1. The van der Waals surface area contributed by atoms with E-state index in [1.807, 2.05) is 13.0 Å². The lowest BCUT2D eigenvalue weighted by Crippen LogP contribution is -2.02. The fourth-order valence-electron chi connectivity index (χ4n) is 0.977. The van der Waals surface area contributed by atoms with Crippen LogP contribution < -0.4 is 5.73 Å². The molecule has 0 unspecified atom stereocenters. The predicted molar refractivity (Wildman–Crippen MR) is 58.5 cm³/mol. The fraction of sp³-hybridized carbons (Fsp3) is 0.444. The molecule has 0 spiro atoms. The molecule has 6 heteroatoms. The van der Waals surface area contributed by atoms with E-state index in [2.05, 4.69) is 14.7 Å². The van der Waals surface area contributed by atoms with Crippen molar-refractivity contribution in [3.8, 4) is 0 Å². The summed E-state index contributed by atoms with van der Waals surface area (Å²) in [7, 11) is 1.37. The molecule has 0 aliphatic carbocycles. The van der Waals surface area contributed by atoms with Gasteiger partial charge in [-0.25, -0.2) is 9.97 Å². The van der Waals surface area contributed by atoms with Gasteiger partial charge in [-0.2, -0.15) is 0 Å². The second-order valence-corrected chi connectivity index (χ2v) is 4.00. The molecule has 0 amide bonds. The molecule has 0 radical (unpaired) electrons. The molecule has 1 heterocycles. The average Bonchev–Trinajstić information content (AvgIpc) is 2.16. The quantitative estimate of drug-likeness (QED) is 0.470. The van der Waals surface area contributed by atoms with Crippen LogP contribution in [0.1, 0.15) is 12.1 Å². The summed E-state index contributed by atoms with van der Waals surface area (Å²) in [5, 5.41) is 0.781. The molecule has 5 nitrogen and oxygen atoms in total. The summed E-state index contributed by atoms with van der Waals surface area (Å²) >= 11 is 1.46. The Morgan fingerprint density at radius 2 is 2.33 bits per heavy atom. The average molecular weight is 227 g/mol. The summed E-state index contributed by atoms with van der Waals surface area (Å²) in [4.78, 5) is 18.8. The van der Waals surface area contributed by atoms with Crippen molar-refractivity contribution in [1.29, 1.82) is 0 Å². The number of thioether (sulfide) groups is 1. The van der Waals surface area contributed by atoms with Gasteiger partial charge in [-0.15, -0.1) is 11.8 Å². The molecule has 0 aliphatic rings. The van der Waals surface area contributed by atoms with Crippen molar-refractivity contribution in [1.82, 2.24) is 9.97 Å². The Labute approximate surface area is 92.4 Å². The molecule has 0 saturated heterocycles. The van der Waals surface area contributed by atoms with Crippen molar-refractivity contribution >= 4 is 23.7 Å². The zero-order valence-corrected chi connectivity index (χ0v) is 9.50. The molecule has 2 N–H and O–H groups in total. The number of carbonyl (C=O) groups excluding carboxylic acids is 1. The summed E-state index contributed by atoms with van der Waals surface area (Å²) in [6, 6.07) is 1.83. The summed E-state index contributed by atoms with van der Waals surface area (Å²) in [5.41, 5.74) is 6.31.